The molecule has 0 fully saturated rings. The van der Waals surface area contributed by atoms with Crippen LogP contribution in [-0.2, 0) is 71.2 Å². The Morgan fingerprint density at radius 3 is 0.940 bits per heavy atom. The van der Waals surface area contributed by atoms with Crippen LogP contribution in [0.25, 0.3) is 0 Å². The Morgan fingerprint density at radius 2 is 0.680 bits per heavy atom. The predicted molar refractivity (Wildman–Crippen MR) is 178 cm³/mol. The molecular formula is C32H62N2O16. The van der Waals surface area contributed by atoms with Crippen molar-refractivity contribution in [3.8, 4) is 0 Å². The number of rotatable bonds is 40. The summed E-state index contributed by atoms with van der Waals surface area (Å²) in [7, 11) is 1.64. The molecule has 2 unspecified atom stereocenters. The van der Waals surface area contributed by atoms with Crippen molar-refractivity contribution in [3.05, 3.63) is 0 Å². The van der Waals surface area contributed by atoms with Crippen molar-refractivity contribution in [3.63, 3.8) is 0 Å². The van der Waals surface area contributed by atoms with E-state index in [-0.39, 0.29) is 18.9 Å². The fraction of sp³-hybridized carbons (Fsp3) is 0.906. The maximum absolute atomic E-state index is 11.9. The fourth-order valence-corrected chi connectivity index (χ4v) is 3.39. The molecule has 0 saturated heterocycles. The highest BCUT2D eigenvalue weighted by molar-refractivity contribution is 5.89. The number of nitrogens with one attached hydrogen (secondary N) is 2. The second kappa shape index (κ2) is 38.2. The number of hydrogen-bond donors (Lipinski definition) is 3. The van der Waals surface area contributed by atoms with Crippen LogP contribution in [0.3, 0.4) is 0 Å². The maximum Gasteiger partial charge on any atom is 0.325 e. The zero-order valence-corrected chi connectivity index (χ0v) is 30.2. The highest BCUT2D eigenvalue weighted by Crippen LogP contribution is 1.91. The second-order valence-electron chi connectivity index (χ2n) is 10.3. The van der Waals surface area contributed by atoms with Crippen LogP contribution in [0.5, 0.6) is 0 Å². The third-order valence-corrected chi connectivity index (χ3v) is 6.13. The molecule has 0 spiro atoms. The van der Waals surface area contributed by atoms with Gasteiger partial charge in [-0.3, -0.25) is 14.4 Å². The summed E-state index contributed by atoms with van der Waals surface area (Å²) in [6.07, 6.45) is 0.0607. The molecule has 2 atom stereocenters. The third-order valence-electron chi connectivity index (χ3n) is 6.13. The molecule has 0 heterocycles. The first kappa shape index (κ1) is 47.9. The minimum Gasteiger partial charge on any atom is -0.480 e. The van der Waals surface area contributed by atoms with Gasteiger partial charge in [0.1, 0.15) is 12.1 Å². The Morgan fingerprint density at radius 1 is 0.420 bits per heavy atom. The van der Waals surface area contributed by atoms with Gasteiger partial charge in [0, 0.05) is 13.5 Å². The van der Waals surface area contributed by atoms with Gasteiger partial charge in [-0.15, -0.1) is 0 Å². The van der Waals surface area contributed by atoms with Crippen LogP contribution in [0, 0.1) is 0 Å². The van der Waals surface area contributed by atoms with Crippen LogP contribution < -0.4 is 10.6 Å². The van der Waals surface area contributed by atoms with Gasteiger partial charge in [0.2, 0.25) is 11.8 Å². The maximum atomic E-state index is 11.9. The van der Waals surface area contributed by atoms with Gasteiger partial charge in [0.05, 0.1) is 152 Å². The van der Waals surface area contributed by atoms with Crippen molar-refractivity contribution >= 4 is 17.8 Å². The van der Waals surface area contributed by atoms with E-state index in [1.165, 1.54) is 13.8 Å². The van der Waals surface area contributed by atoms with Gasteiger partial charge < -0.3 is 72.6 Å². The molecule has 0 radical (unpaired) electrons. The number of aliphatic carboxylic acids is 1. The van der Waals surface area contributed by atoms with E-state index >= 15 is 0 Å². The van der Waals surface area contributed by atoms with Crippen LogP contribution in [-0.4, -0.2) is 194 Å². The zero-order chi connectivity index (χ0) is 36.8. The number of ether oxygens (including phenoxy) is 12. The number of hydrogen-bond acceptors (Lipinski definition) is 15. The quantitative estimate of drug-likeness (QED) is 0.0667. The molecule has 0 saturated carbocycles. The van der Waals surface area contributed by atoms with E-state index in [1.807, 2.05) is 0 Å². The molecule has 18 heteroatoms. The summed E-state index contributed by atoms with van der Waals surface area (Å²) in [6, 6.07) is -1.90. The van der Waals surface area contributed by atoms with E-state index in [1.54, 1.807) is 7.11 Å². The van der Waals surface area contributed by atoms with E-state index in [4.69, 9.17) is 61.9 Å². The van der Waals surface area contributed by atoms with E-state index in [0.717, 1.165) is 0 Å². The number of carbonyl (C=O) groups is 3. The van der Waals surface area contributed by atoms with Crippen LogP contribution in [0.4, 0.5) is 0 Å². The Labute approximate surface area is 296 Å². The molecule has 50 heavy (non-hydrogen) atoms. The molecular weight excluding hydrogens is 668 g/mol. The molecule has 0 rings (SSSR count). The van der Waals surface area contributed by atoms with Crippen LogP contribution >= 0.6 is 0 Å². The Hall–Kier alpha value is -2.07. The molecule has 18 nitrogen and oxygen atoms in total. The molecule has 0 bridgehead atoms. The van der Waals surface area contributed by atoms with Crippen molar-refractivity contribution in [2.24, 2.45) is 0 Å². The minimum absolute atomic E-state index is 0.0607. The average Bonchev–Trinajstić information content (AvgIpc) is 3.09. The second-order valence-corrected chi connectivity index (χ2v) is 10.3. The first-order valence-corrected chi connectivity index (χ1v) is 17.0. The number of amides is 2. The molecule has 0 aliphatic heterocycles. The van der Waals surface area contributed by atoms with Gasteiger partial charge in [0.15, 0.2) is 0 Å². The van der Waals surface area contributed by atoms with Crippen molar-refractivity contribution in [2.45, 2.75) is 32.4 Å². The normalized spacial score (nSPS) is 12.5. The summed E-state index contributed by atoms with van der Waals surface area (Å²) >= 11 is 0. The molecule has 0 aromatic heterocycles. The summed E-state index contributed by atoms with van der Waals surface area (Å²) in [5, 5.41) is 13.6. The Bertz CT molecular complexity index is 783. The molecule has 0 aromatic rings. The van der Waals surface area contributed by atoms with Gasteiger partial charge in [-0.25, -0.2) is 0 Å². The van der Waals surface area contributed by atoms with Crippen molar-refractivity contribution in [1.82, 2.24) is 10.6 Å². The van der Waals surface area contributed by atoms with Crippen LogP contribution in [0.2, 0.25) is 0 Å². The number of carbonyl (C=O) groups excluding carboxylic acids is 2. The molecule has 0 aromatic carbocycles. The van der Waals surface area contributed by atoms with E-state index in [0.29, 0.717) is 145 Å². The summed E-state index contributed by atoms with van der Waals surface area (Å²) < 4.78 is 64.5. The standard InChI is InChI=1S/C32H62N2O16/c1-28(31(36)34-29(2)32(37)38)33-30(35)4-5-40-8-9-42-12-13-44-16-17-46-20-21-48-24-25-50-27-26-49-23-22-47-19-18-45-15-14-43-11-10-41-7-6-39-3/h28-29H,4-27H2,1-3H3,(H,33,35)(H,34,36)(H,37,38). The van der Waals surface area contributed by atoms with E-state index in [9.17, 15) is 14.4 Å². The van der Waals surface area contributed by atoms with E-state index in [2.05, 4.69) is 10.6 Å². The zero-order valence-electron chi connectivity index (χ0n) is 30.2. The Kier molecular flexibility index (Phi) is 36.6. The average molecular weight is 731 g/mol. The molecule has 3 N–H and O–H groups in total. The SMILES string of the molecule is COCCOCCOCCOCCOCCOCCOCCOCCOCCOCCOCCOCCC(=O)NC(C)C(=O)NC(C)C(=O)O. The number of carboxylic acid groups (broad SMARTS) is 1. The van der Waals surface area contributed by atoms with Crippen molar-refractivity contribution in [1.29, 1.82) is 0 Å². The smallest absolute Gasteiger partial charge is 0.325 e. The monoisotopic (exact) mass is 730 g/mol. The first-order chi connectivity index (χ1) is 24.4. The number of methoxy groups -OCH3 is 1. The molecule has 2 amide bonds. The van der Waals surface area contributed by atoms with Gasteiger partial charge in [-0.1, -0.05) is 0 Å². The Balaban J connectivity index is 3.22. The lowest BCUT2D eigenvalue weighted by atomic mass is 10.2. The third kappa shape index (κ3) is 35.7. The van der Waals surface area contributed by atoms with Gasteiger partial charge in [-0.2, -0.15) is 0 Å². The highest BCUT2D eigenvalue weighted by Gasteiger charge is 2.20. The highest BCUT2D eigenvalue weighted by atomic mass is 16.6. The molecule has 0 aliphatic carbocycles. The molecule has 296 valence electrons. The summed E-state index contributed by atoms with van der Waals surface area (Å²) in [5.41, 5.74) is 0. The van der Waals surface area contributed by atoms with Gasteiger partial charge in [-0.05, 0) is 13.8 Å². The predicted octanol–water partition coefficient (Wildman–Crippen LogP) is -0.700. The van der Waals surface area contributed by atoms with Gasteiger partial charge in [0.25, 0.3) is 0 Å². The lowest BCUT2D eigenvalue weighted by molar-refractivity contribution is -0.141. The van der Waals surface area contributed by atoms with Crippen molar-refractivity contribution in [2.75, 3.05) is 159 Å². The van der Waals surface area contributed by atoms with Gasteiger partial charge >= 0.3 is 5.97 Å². The largest absolute Gasteiger partial charge is 0.480 e. The van der Waals surface area contributed by atoms with Crippen LogP contribution in [0.1, 0.15) is 20.3 Å². The lowest BCUT2D eigenvalue weighted by Crippen LogP contribution is -2.49. The van der Waals surface area contributed by atoms with Crippen LogP contribution in [0.15, 0.2) is 0 Å². The minimum atomic E-state index is -1.16. The summed E-state index contributed by atoms with van der Waals surface area (Å²) in [5.74, 6) is -2.11. The fourth-order valence-electron chi connectivity index (χ4n) is 3.39. The van der Waals surface area contributed by atoms with Crippen molar-refractivity contribution < 1.29 is 76.3 Å². The summed E-state index contributed by atoms with van der Waals surface area (Å²) in [4.78, 5) is 34.5. The molecule has 0 aliphatic rings. The lowest BCUT2D eigenvalue weighted by Gasteiger charge is -2.16. The number of carboxylic acids is 1. The topological polar surface area (TPSA) is 206 Å². The van der Waals surface area contributed by atoms with E-state index < -0.39 is 24.0 Å². The summed E-state index contributed by atoms with van der Waals surface area (Å²) in [6.45, 7) is 13.4. The first-order valence-electron chi connectivity index (χ1n) is 17.0.